The fourth-order valence-corrected chi connectivity index (χ4v) is 4.35. The fourth-order valence-electron chi connectivity index (χ4n) is 4.35. The SMILES string of the molecule is c1nc[nH]n1.c1ncn(C[N+]2(Cn3cncn3)CC[N+](Cn3cncn3)(Cn3cncn3)CC2)n1. The number of nitrogens with one attached hydrogen (secondary N) is 1. The lowest BCUT2D eigenvalue weighted by Crippen LogP contribution is -2.67. The number of quaternary nitrogens is 2. The van der Waals surface area contributed by atoms with E-state index >= 15 is 0 Å². The number of piperazine rings is 1. The Balaban J connectivity index is 0.000000453. The average Bonchev–Trinajstić information content (AvgIpc) is 3.70. The van der Waals surface area contributed by atoms with Crippen LogP contribution in [0.4, 0.5) is 0 Å². The van der Waals surface area contributed by atoms with E-state index in [1.165, 1.54) is 12.7 Å². The molecule has 1 fully saturated rings. The third-order valence-corrected chi connectivity index (χ3v) is 6.07. The Morgan fingerprint density at radius 1 is 0.514 bits per heavy atom. The van der Waals surface area contributed by atoms with Crippen LogP contribution in [0.15, 0.2) is 63.3 Å². The largest absolute Gasteiger partial charge is 0.277 e. The fraction of sp³-hybridized carbons (Fsp3) is 0.444. The molecule has 0 atom stereocenters. The Kier molecular flexibility index (Phi) is 6.57. The molecule has 1 N–H and O–H groups in total. The molecule has 0 bridgehead atoms. The highest BCUT2D eigenvalue weighted by atomic mass is 15.6. The van der Waals surface area contributed by atoms with Gasteiger partial charge in [-0.15, -0.1) is 0 Å². The van der Waals surface area contributed by atoms with Crippen LogP contribution in [-0.2, 0) is 26.7 Å². The van der Waals surface area contributed by atoms with Crippen LogP contribution in [0.1, 0.15) is 0 Å². The van der Waals surface area contributed by atoms with Crippen molar-refractivity contribution in [2.75, 3.05) is 26.2 Å². The van der Waals surface area contributed by atoms with Gasteiger partial charge in [-0.1, -0.05) is 0 Å². The van der Waals surface area contributed by atoms with Crippen molar-refractivity contribution in [1.82, 2.24) is 74.2 Å². The molecule has 0 amide bonds. The summed E-state index contributed by atoms with van der Waals surface area (Å²) < 4.78 is 9.19. The number of aromatic nitrogens is 15. The molecule has 17 nitrogen and oxygen atoms in total. The summed E-state index contributed by atoms with van der Waals surface area (Å²) in [6, 6.07) is 0. The summed E-state index contributed by atoms with van der Waals surface area (Å²) in [4.78, 5) is 20.0. The number of rotatable bonds is 8. The van der Waals surface area contributed by atoms with Gasteiger partial charge in [0, 0.05) is 0 Å². The van der Waals surface area contributed by atoms with Crippen molar-refractivity contribution >= 4 is 0 Å². The lowest BCUT2D eigenvalue weighted by Gasteiger charge is -2.48. The molecule has 35 heavy (non-hydrogen) atoms. The second-order valence-electron chi connectivity index (χ2n) is 8.54. The lowest BCUT2D eigenvalue weighted by molar-refractivity contribution is -1.07. The molecule has 6 rings (SSSR count). The summed E-state index contributed by atoms with van der Waals surface area (Å²) in [5, 5.41) is 23.3. The van der Waals surface area contributed by atoms with Crippen LogP contribution < -0.4 is 0 Å². The summed E-state index contributed by atoms with van der Waals surface area (Å²) in [6.45, 7) is 6.65. The monoisotopic (exact) mass is 481 g/mol. The maximum atomic E-state index is 4.34. The van der Waals surface area contributed by atoms with E-state index in [4.69, 9.17) is 0 Å². The van der Waals surface area contributed by atoms with Gasteiger partial charge < -0.3 is 0 Å². The summed E-state index contributed by atoms with van der Waals surface area (Å²) in [5.41, 5.74) is 0. The molecule has 5 aromatic rings. The Hall–Kier alpha value is -4.38. The minimum Gasteiger partial charge on any atom is -0.277 e. The molecule has 182 valence electrons. The van der Waals surface area contributed by atoms with E-state index in [0.717, 1.165) is 61.8 Å². The molecule has 17 heteroatoms. The Morgan fingerprint density at radius 2 is 0.886 bits per heavy atom. The maximum Gasteiger partial charge on any atom is 0.178 e. The zero-order chi connectivity index (χ0) is 23.8. The quantitative estimate of drug-likeness (QED) is 0.256. The van der Waals surface area contributed by atoms with E-state index < -0.39 is 0 Å². The van der Waals surface area contributed by atoms with Crippen LogP contribution in [0, 0.1) is 0 Å². The second kappa shape index (κ2) is 10.3. The van der Waals surface area contributed by atoms with Gasteiger partial charge in [-0.2, -0.15) is 25.5 Å². The molecule has 1 aliphatic rings. The van der Waals surface area contributed by atoms with Crippen molar-refractivity contribution in [1.29, 1.82) is 0 Å². The van der Waals surface area contributed by atoms with Gasteiger partial charge in [0.25, 0.3) is 0 Å². The van der Waals surface area contributed by atoms with Crippen molar-refractivity contribution < 1.29 is 8.97 Å². The maximum absolute atomic E-state index is 4.34. The molecule has 5 aromatic heterocycles. The summed E-state index contributed by atoms with van der Waals surface area (Å²) in [5.74, 6) is 0. The summed E-state index contributed by atoms with van der Waals surface area (Å²) in [6.07, 6.45) is 16.3. The molecular formula is C18H27N17+2. The first-order valence-electron chi connectivity index (χ1n) is 11.0. The van der Waals surface area contributed by atoms with Gasteiger partial charge in [-0.25, -0.2) is 43.6 Å². The molecule has 0 aliphatic carbocycles. The Morgan fingerprint density at radius 3 is 1.09 bits per heavy atom. The molecule has 0 aromatic carbocycles. The molecule has 0 unspecified atom stereocenters. The standard InChI is InChI=1S/C16H24N14.C2H3N3/c1-2-30(15-27-11-19-7-23-27,16-28-12-20-8-24-28)4-3-29(1,13-25-9-17-5-21-25)14-26-10-18-6-22-26;1-3-2-5-4-1/h5-12H,1-4,13-16H2;1-2H,(H,3,4,5)/q+2;. The van der Waals surface area contributed by atoms with Crippen molar-refractivity contribution in [2.24, 2.45) is 0 Å². The highest BCUT2D eigenvalue weighted by Gasteiger charge is 2.44. The Labute approximate surface area is 199 Å². The zero-order valence-electron chi connectivity index (χ0n) is 19.1. The highest BCUT2D eigenvalue weighted by Crippen LogP contribution is 2.24. The van der Waals surface area contributed by atoms with Crippen molar-refractivity contribution in [2.45, 2.75) is 26.7 Å². The topological polar surface area (TPSA) is 164 Å². The molecular weight excluding hydrogens is 454 g/mol. The second-order valence-corrected chi connectivity index (χ2v) is 8.54. The van der Waals surface area contributed by atoms with Crippen LogP contribution in [-0.4, -0.2) is 109 Å². The minimum absolute atomic E-state index is 0.729. The van der Waals surface area contributed by atoms with Gasteiger partial charge in [0.15, 0.2) is 26.7 Å². The van der Waals surface area contributed by atoms with Crippen molar-refractivity contribution in [3.8, 4) is 0 Å². The van der Waals surface area contributed by atoms with Gasteiger partial charge in [-0.3, -0.25) is 14.1 Å². The van der Waals surface area contributed by atoms with Gasteiger partial charge >= 0.3 is 0 Å². The van der Waals surface area contributed by atoms with Gasteiger partial charge in [-0.05, 0) is 0 Å². The van der Waals surface area contributed by atoms with Crippen LogP contribution in [0.5, 0.6) is 0 Å². The first-order chi connectivity index (χ1) is 17.2. The summed E-state index contributed by atoms with van der Waals surface area (Å²) >= 11 is 0. The van der Waals surface area contributed by atoms with E-state index in [0.29, 0.717) is 0 Å². The van der Waals surface area contributed by atoms with Gasteiger partial charge in [0.1, 0.15) is 89.5 Å². The lowest BCUT2D eigenvalue weighted by atomic mass is 10.2. The van der Waals surface area contributed by atoms with Crippen LogP contribution >= 0.6 is 0 Å². The smallest absolute Gasteiger partial charge is 0.178 e. The van der Waals surface area contributed by atoms with Crippen LogP contribution in [0.2, 0.25) is 0 Å². The minimum atomic E-state index is 0.729. The molecule has 1 saturated heterocycles. The number of H-pyrrole nitrogens is 1. The van der Waals surface area contributed by atoms with E-state index in [-0.39, 0.29) is 0 Å². The number of hydrogen-bond acceptors (Lipinski definition) is 10. The molecule has 0 radical (unpaired) electrons. The predicted molar refractivity (Wildman–Crippen MR) is 116 cm³/mol. The van der Waals surface area contributed by atoms with Crippen molar-refractivity contribution in [3.63, 3.8) is 0 Å². The number of nitrogens with zero attached hydrogens (tertiary/aromatic N) is 16. The first kappa shape index (κ1) is 22.4. The van der Waals surface area contributed by atoms with Gasteiger partial charge in [0.05, 0.1) is 0 Å². The first-order valence-corrected chi connectivity index (χ1v) is 11.0. The molecule has 6 heterocycles. The van der Waals surface area contributed by atoms with E-state index in [1.54, 1.807) is 50.6 Å². The van der Waals surface area contributed by atoms with E-state index in [2.05, 4.69) is 55.5 Å². The van der Waals surface area contributed by atoms with E-state index in [1.807, 2.05) is 18.7 Å². The van der Waals surface area contributed by atoms with Crippen LogP contribution in [0.3, 0.4) is 0 Å². The molecule has 0 spiro atoms. The zero-order valence-corrected chi connectivity index (χ0v) is 19.1. The van der Waals surface area contributed by atoms with Crippen LogP contribution in [0.25, 0.3) is 0 Å². The molecule has 1 aliphatic heterocycles. The normalized spacial score (nSPS) is 16.5. The average molecular weight is 482 g/mol. The Bertz CT molecular complexity index is 1010. The summed E-state index contributed by atoms with van der Waals surface area (Å²) in [7, 11) is 0. The van der Waals surface area contributed by atoms with Crippen molar-refractivity contribution in [3.05, 3.63) is 63.3 Å². The third kappa shape index (κ3) is 5.76. The third-order valence-electron chi connectivity index (χ3n) is 6.07. The molecule has 0 saturated carbocycles. The highest BCUT2D eigenvalue weighted by molar-refractivity contribution is 4.61. The predicted octanol–water partition coefficient (Wildman–Crippen LogP) is -1.56. The number of hydrogen-bond donors (Lipinski definition) is 1. The number of aromatic amines is 1. The van der Waals surface area contributed by atoms with E-state index in [9.17, 15) is 0 Å². The van der Waals surface area contributed by atoms with Gasteiger partial charge in [0.2, 0.25) is 0 Å².